The Balaban J connectivity index is 1.24. The highest BCUT2D eigenvalue weighted by molar-refractivity contribution is 6.22. The molecule has 13 heteroatoms. The van der Waals surface area contributed by atoms with E-state index < -0.39 is 76.1 Å². The molecule has 2 amide bonds. The van der Waals surface area contributed by atoms with Crippen molar-refractivity contribution in [1.82, 2.24) is 4.90 Å². The third kappa shape index (κ3) is 4.19. The number of hydrogen-bond acceptors (Lipinski definition) is 12. The van der Waals surface area contributed by atoms with Crippen LogP contribution in [0.1, 0.15) is 63.2 Å². The molecule has 8 unspecified atom stereocenters. The van der Waals surface area contributed by atoms with Crippen molar-refractivity contribution < 1.29 is 53.1 Å². The Morgan fingerprint density at radius 2 is 1.80 bits per heavy atom. The maximum atomic E-state index is 14.1. The first-order chi connectivity index (χ1) is 24.3. The monoisotopic (exact) mass is 710 g/mol. The summed E-state index contributed by atoms with van der Waals surface area (Å²) in [7, 11) is 4.85. The fraction of sp³-hybridized carbons (Fsp3) is 0.737. The van der Waals surface area contributed by atoms with Crippen molar-refractivity contribution in [3.05, 3.63) is 29.8 Å². The quantitative estimate of drug-likeness (QED) is 0.284. The van der Waals surface area contributed by atoms with Crippen LogP contribution >= 0.6 is 0 Å². The molecule has 2 heterocycles. The molecule has 7 fully saturated rings. The molecule has 51 heavy (non-hydrogen) atoms. The van der Waals surface area contributed by atoms with E-state index in [4.69, 9.17) is 23.7 Å². The van der Waals surface area contributed by atoms with E-state index in [1.807, 2.05) is 6.92 Å². The normalized spacial score (nSPS) is 46.4. The van der Waals surface area contributed by atoms with Gasteiger partial charge in [0.25, 0.3) is 0 Å². The standard InChI is InChI=1S/C38H50N2O11/c1-7-39-17-35(18-50-33(44)21-10-8-9-11-24(21)40-27(42)14-19(2)32(40)43)13-12-26(48-5)37-23-15-22-25(47-4)16-36(45,28(23)29(22)51-20(3)41)38(46,34(37)39)31(49-6)30(35)37/h8-11,19,22-23,25-26,28-31,34,45-46H,7,12-18H2,1-6H3/t19?,22-,23?,25+,26+,28?,29?,30?,31?,34?,35+,36-,37+,38?/m1/s1. The maximum absolute atomic E-state index is 14.1. The molecule has 7 bridgehead atoms. The Kier molecular flexibility index (Phi) is 8.11. The third-order valence-electron chi connectivity index (χ3n) is 14.6. The predicted molar refractivity (Wildman–Crippen MR) is 179 cm³/mol. The second kappa shape index (κ2) is 11.8. The zero-order valence-electron chi connectivity index (χ0n) is 30.2. The second-order valence-electron chi connectivity index (χ2n) is 16.3. The van der Waals surface area contributed by atoms with Gasteiger partial charge in [-0.3, -0.25) is 19.3 Å². The molecule has 2 saturated heterocycles. The average molecular weight is 711 g/mol. The zero-order chi connectivity index (χ0) is 36.4. The van der Waals surface area contributed by atoms with E-state index in [0.717, 1.165) is 4.90 Å². The van der Waals surface area contributed by atoms with Crippen molar-refractivity contribution in [2.75, 3.05) is 45.9 Å². The summed E-state index contributed by atoms with van der Waals surface area (Å²) < 4.78 is 31.1. The molecule has 13 nitrogen and oxygen atoms in total. The molecular weight excluding hydrogens is 660 g/mol. The summed E-state index contributed by atoms with van der Waals surface area (Å²) in [6, 6.07) is 5.95. The van der Waals surface area contributed by atoms with Gasteiger partial charge in [0.05, 0.1) is 42.2 Å². The first-order valence-corrected chi connectivity index (χ1v) is 18.4. The van der Waals surface area contributed by atoms with E-state index in [1.165, 1.54) is 6.92 Å². The average Bonchev–Trinajstić information content (AvgIpc) is 3.61. The first kappa shape index (κ1) is 35.1. The van der Waals surface area contributed by atoms with Crippen molar-refractivity contribution in [3.8, 4) is 0 Å². The van der Waals surface area contributed by atoms with Crippen molar-refractivity contribution in [3.63, 3.8) is 0 Å². The predicted octanol–water partition coefficient (Wildman–Crippen LogP) is 1.95. The number of para-hydroxylation sites is 1. The number of nitrogens with zero attached hydrogens (tertiary/aromatic N) is 2. The number of benzene rings is 1. The Hall–Kier alpha value is -2.94. The topological polar surface area (TPSA) is 161 Å². The lowest BCUT2D eigenvalue weighted by Gasteiger charge is -2.70. The molecule has 8 rings (SSSR count). The summed E-state index contributed by atoms with van der Waals surface area (Å²) in [4.78, 5) is 55.9. The summed E-state index contributed by atoms with van der Waals surface area (Å²) in [6.07, 6.45) is -0.303. The highest BCUT2D eigenvalue weighted by atomic mass is 16.6. The molecule has 5 aliphatic carbocycles. The minimum atomic E-state index is -1.82. The van der Waals surface area contributed by atoms with Crippen LogP contribution in [0.25, 0.3) is 0 Å². The summed E-state index contributed by atoms with van der Waals surface area (Å²) in [5.41, 5.74) is -4.72. The number of hydrogen-bond donors (Lipinski definition) is 2. The van der Waals surface area contributed by atoms with Crippen molar-refractivity contribution in [2.24, 2.45) is 40.4 Å². The SMILES string of the molecule is CCN1C[C@]2(COC(=O)c3ccccc3N3C(=O)CC(C)C3=O)CC[C@H](OC)[C@@]34C5C[C@H]6C(OC(C)=O)C5[C@](O)(C[C@@H]6OC)C(O)(C(OC)C23)C14. The molecular formula is C38H50N2O11. The number of carbonyl (C=O) groups is 4. The Bertz CT molecular complexity index is 1650. The first-order valence-electron chi connectivity index (χ1n) is 18.4. The number of anilines is 1. The number of piperidine rings is 1. The number of amides is 2. The minimum absolute atomic E-state index is 0.0201. The van der Waals surface area contributed by atoms with Gasteiger partial charge in [-0.15, -0.1) is 0 Å². The Labute approximate surface area is 297 Å². The highest BCUT2D eigenvalue weighted by Gasteiger charge is 2.92. The van der Waals surface area contributed by atoms with Gasteiger partial charge in [0.1, 0.15) is 17.3 Å². The van der Waals surface area contributed by atoms with Crippen LogP contribution in [0.2, 0.25) is 0 Å². The lowest BCUT2D eigenvalue weighted by molar-refractivity contribution is -0.319. The number of likely N-dealkylation sites (N-methyl/N-ethyl adjacent to an activating group) is 1. The number of fused-ring (bicyclic) bond motifs is 2. The van der Waals surface area contributed by atoms with Gasteiger partial charge in [-0.2, -0.15) is 0 Å². The number of aliphatic hydroxyl groups is 2. The van der Waals surface area contributed by atoms with Crippen LogP contribution in [0.3, 0.4) is 0 Å². The van der Waals surface area contributed by atoms with Crippen LogP contribution in [-0.4, -0.2) is 122 Å². The third-order valence-corrected chi connectivity index (χ3v) is 14.6. The van der Waals surface area contributed by atoms with Crippen LogP contribution in [-0.2, 0) is 38.1 Å². The molecule has 0 radical (unpaired) electrons. The smallest absolute Gasteiger partial charge is 0.340 e. The van der Waals surface area contributed by atoms with E-state index in [9.17, 15) is 29.4 Å². The van der Waals surface area contributed by atoms with Gasteiger partial charge in [0, 0.05) is 82.1 Å². The van der Waals surface area contributed by atoms with Gasteiger partial charge in [-0.25, -0.2) is 9.69 Å². The van der Waals surface area contributed by atoms with Crippen LogP contribution < -0.4 is 4.90 Å². The van der Waals surface area contributed by atoms with Crippen molar-refractivity contribution in [2.45, 2.75) is 94.5 Å². The Morgan fingerprint density at radius 3 is 2.43 bits per heavy atom. The molecule has 2 aliphatic heterocycles. The highest BCUT2D eigenvalue weighted by Crippen LogP contribution is 2.80. The van der Waals surface area contributed by atoms with E-state index in [0.29, 0.717) is 32.4 Å². The Morgan fingerprint density at radius 1 is 1.06 bits per heavy atom. The van der Waals surface area contributed by atoms with Crippen LogP contribution in [0.4, 0.5) is 5.69 Å². The number of rotatable bonds is 9. The number of ether oxygens (including phenoxy) is 5. The molecule has 2 N–H and O–H groups in total. The molecule has 278 valence electrons. The molecule has 1 aromatic carbocycles. The summed E-state index contributed by atoms with van der Waals surface area (Å²) in [6.45, 7) is 6.10. The summed E-state index contributed by atoms with van der Waals surface area (Å²) >= 11 is 0. The van der Waals surface area contributed by atoms with Gasteiger partial charge in [0.15, 0.2) is 0 Å². The van der Waals surface area contributed by atoms with Crippen molar-refractivity contribution in [1.29, 1.82) is 0 Å². The molecule has 7 aliphatic rings. The summed E-state index contributed by atoms with van der Waals surface area (Å²) in [5.74, 6) is -3.74. The van der Waals surface area contributed by atoms with Gasteiger partial charge in [-0.05, 0) is 43.9 Å². The van der Waals surface area contributed by atoms with Gasteiger partial charge in [-0.1, -0.05) is 26.0 Å². The van der Waals surface area contributed by atoms with Crippen molar-refractivity contribution >= 4 is 29.4 Å². The number of imide groups is 1. The fourth-order valence-electron chi connectivity index (χ4n) is 13.2. The van der Waals surface area contributed by atoms with Crippen LogP contribution in [0.15, 0.2) is 24.3 Å². The van der Waals surface area contributed by atoms with Crippen LogP contribution in [0, 0.1) is 40.4 Å². The number of esters is 2. The lowest BCUT2D eigenvalue weighted by Crippen LogP contribution is -2.82. The largest absolute Gasteiger partial charge is 0.462 e. The van der Waals surface area contributed by atoms with E-state index in [2.05, 4.69) is 4.90 Å². The van der Waals surface area contributed by atoms with Gasteiger partial charge in [0.2, 0.25) is 11.8 Å². The molecule has 5 saturated carbocycles. The van der Waals surface area contributed by atoms with E-state index in [1.54, 1.807) is 52.5 Å². The van der Waals surface area contributed by atoms with Gasteiger partial charge >= 0.3 is 11.9 Å². The van der Waals surface area contributed by atoms with E-state index in [-0.39, 0.29) is 60.5 Å². The molecule has 1 spiro atoms. The van der Waals surface area contributed by atoms with E-state index >= 15 is 0 Å². The second-order valence-corrected chi connectivity index (χ2v) is 16.3. The zero-order valence-corrected chi connectivity index (χ0v) is 30.2. The van der Waals surface area contributed by atoms with Gasteiger partial charge < -0.3 is 33.9 Å². The molecule has 14 atom stereocenters. The number of methoxy groups -OCH3 is 3. The van der Waals surface area contributed by atoms with Crippen LogP contribution in [0.5, 0.6) is 0 Å². The summed E-state index contributed by atoms with van der Waals surface area (Å²) in [5, 5.41) is 26.7. The lowest BCUT2D eigenvalue weighted by atomic mass is 9.42. The maximum Gasteiger partial charge on any atom is 0.340 e. The minimum Gasteiger partial charge on any atom is -0.462 e. The number of carbonyl (C=O) groups excluding carboxylic acids is 4. The fourth-order valence-corrected chi connectivity index (χ4v) is 13.2. The molecule has 1 aromatic rings. The molecule has 0 aromatic heterocycles. The number of likely N-dealkylation sites (tertiary alicyclic amines) is 1.